The predicted molar refractivity (Wildman–Crippen MR) is 519 cm³/mol. The fourth-order valence-electron chi connectivity index (χ4n) is 16.5. The topological polar surface area (TPSA) is 317 Å². The Labute approximate surface area is 848 Å². The third kappa shape index (κ3) is 29.9. The van der Waals surface area contributed by atoms with Crippen LogP contribution in [0.2, 0.25) is 15.1 Å². The smallest absolute Gasteiger partial charge is 0.870 e. The van der Waals surface area contributed by atoms with E-state index in [-0.39, 0.29) is 133 Å². The van der Waals surface area contributed by atoms with Crippen LogP contribution in [0.25, 0.3) is 0 Å². The van der Waals surface area contributed by atoms with Gasteiger partial charge in [0, 0.05) is 153 Å². The van der Waals surface area contributed by atoms with Crippen molar-refractivity contribution in [1.82, 2.24) is 4.90 Å². The van der Waals surface area contributed by atoms with Gasteiger partial charge in [0.25, 0.3) is 11.8 Å². The number of ether oxygens (including phenoxy) is 11. The second kappa shape index (κ2) is 50.5. The van der Waals surface area contributed by atoms with E-state index in [1.165, 1.54) is 82.7 Å². The number of carbonyl (C=O) groups is 6. The molecule has 0 aromatic heterocycles. The first-order valence-corrected chi connectivity index (χ1v) is 46.1. The summed E-state index contributed by atoms with van der Waals surface area (Å²) in [7, 11) is 10.9. The van der Waals surface area contributed by atoms with Crippen LogP contribution in [-0.4, -0.2) is 166 Å². The Morgan fingerprint density at radius 2 is 0.730 bits per heavy atom. The van der Waals surface area contributed by atoms with E-state index in [1.54, 1.807) is 135 Å². The summed E-state index contributed by atoms with van der Waals surface area (Å²) in [6.45, 7) is 14.0. The van der Waals surface area contributed by atoms with Crippen LogP contribution in [0.5, 0.6) is 51.7 Å². The Bertz CT molecular complexity index is 5790. The Kier molecular flexibility index (Phi) is 41.2. The van der Waals surface area contributed by atoms with Gasteiger partial charge in [0.15, 0.2) is 0 Å². The van der Waals surface area contributed by atoms with Crippen molar-refractivity contribution in [2.75, 3.05) is 134 Å². The van der Waals surface area contributed by atoms with Crippen molar-refractivity contribution in [2.24, 2.45) is 35.5 Å². The third-order valence-electron chi connectivity index (χ3n) is 24.1. The van der Waals surface area contributed by atoms with E-state index < -0.39 is 75.8 Å². The molecule has 26 nitrogen and oxygen atoms in total. The normalized spacial score (nSPS) is 17.1. The van der Waals surface area contributed by atoms with Crippen LogP contribution < -0.4 is 92.6 Å². The number of nitrogens with one attached hydrogen (secondary N) is 2. The molecule has 6 N–H and O–H groups in total. The summed E-state index contributed by atoms with van der Waals surface area (Å²) in [5.41, 5.74) is 8.61. The standard InChI is InChI=1S/C31H30ClF3N2O6.C30H28ClF3N2O6.C18H14BrClF3NO2.C13H17NO4.C8H19N.CH4.Li.H2O/c1-40-22-12-21(13-23(14-22)43-16-19-10-24(19)30(39)42-3)36-28(17-4-6-20(32)7-5-17)29(38)37-9-8-18-11-27(41-2)25(15-26(18)37)31(33,34)35;1-40-21-11-20(12-22(13-21)42-15-18-9-23(18)29(38)39)35-27(16-3-5-19(31)6-4-16)28(37)36-8-7-17-10-26(41-2)24(14-25(17)36)30(32,33)34;1-26-15-8-11-6-7-24(14(11)9-13(15)18(21,22)23)17(25)16(19)10-2-4-12(20)5-3-10;1-16-10-4-9(14)5-11(6-10)18-7-8-3-12(8)13(15)17-2;1-6-9(7(2)3)8(4)5;;;/h4-7,11-15,19,24,28,36H,8-10,16H2,1-3H3;3-6,10-14,18,23,27,35H,7-9,15H2,1-2H3,(H,38,39);2-5,8-9,16H,6-7H2,1H3;4-6,8,12H,3,7,14H2,1-2H3;7-8H,6H2,1-5H3;1H4;;1H2/q;;;;;;+1;/p-1/t19-,24+,28?;18-,23+,27?;;8-,12+;;;;/m11.1..../s1. The predicted octanol–water partition coefficient (Wildman–Crippen LogP) is 19.0. The number of amides is 3. The number of methoxy groups -OCH3 is 8. The Morgan fingerprint density at radius 1 is 0.440 bits per heavy atom. The number of hydrogen-bond donors (Lipinski definition) is 4. The maximum absolute atomic E-state index is 14.1. The third-order valence-corrected chi connectivity index (χ3v) is 25.7. The number of benzene rings is 9. The zero-order valence-electron chi connectivity index (χ0n) is 79.2. The van der Waals surface area contributed by atoms with Gasteiger partial charge in [-0.25, -0.2) is 0 Å². The Hall–Kier alpha value is -11.4. The number of alkyl halides is 10. The van der Waals surface area contributed by atoms with Crippen LogP contribution in [-0.2, 0) is 76.0 Å². The number of carboxylic acids is 1. The zero-order chi connectivity index (χ0) is 101. The number of carboxylic acid groups (broad SMARTS) is 1. The number of aliphatic carboxylic acids is 1. The number of esters is 2. The van der Waals surface area contributed by atoms with Gasteiger partial charge in [-0.1, -0.05) is 101 Å². The molecule has 3 amide bonds. The van der Waals surface area contributed by atoms with Crippen molar-refractivity contribution in [3.63, 3.8) is 0 Å². The van der Waals surface area contributed by atoms with Crippen molar-refractivity contribution >= 4 is 120 Å². The largest absolute Gasteiger partial charge is 1.00 e. The van der Waals surface area contributed by atoms with E-state index in [0.717, 1.165) is 31.2 Å². The van der Waals surface area contributed by atoms with Gasteiger partial charge >= 0.3 is 55.3 Å². The SMILES string of the molecule is C.CCN(C(C)C)C(C)C.COC(=O)[C@H]1C[C@@H]1COc1cc(N)cc(OC)c1.COC(=O)[C@H]1C[C@@H]1COc1cc(NC(C(=O)N2CCc3cc(OC)c(C(F)(F)F)cc32)c2ccc(Cl)cc2)cc(OC)c1.COc1cc(NC(C(=O)N2CCc3cc(OC)c(C(F)(F)F)cc32)c2ccc(Cl)cc2)cc(OC[C@H]2C[C@@H]2C(=O)O)c1.COc1cc2c(cc1C(F)(F)F)N(C(=O)C(Br)c1ccc(Cl)cc1)CC2.[Li+].[OH-]. The molecule has 3 aliphatic carbocycles. The number of anilines is 6. The van der Waals surface area contributed by atoms with E-state index in [4.69, 9.17) is 93.0 Å². The van der Waals surface area contributed by atoms with Crippen LogP contribution in [0, 0.1) is 35.5 Å². The molecule has 0 spiro atoms. The van der Waals surface area contributed by atoms with Crippen molar-refractivity contribution < 1.29 is 150 Å². The Balaban J connectivity index is 0.000000231. The fraction of sp³-hybridized carbons (Fsp3) is 0.406. The van der Waals surface area contributed by atoms with Crippen LogP contribution in [0.15, 0.2) is 164 Å². The van der Waals surface area contributed by atoms with Gasteiger partial charge < -0.3 is 93.8 Å². The molecule has 6 aliphatic rings. The van der Waals surface area contributed by atoms with E-state index in [1.807, 2.05) is 0 Å². The summed E-state index contributed by atoms with van der Waals surface area (Å²) in [6.07, 6.45) is -10.7. The minimum Gasteiger partial charge on any atom is -0.870 e. The van der Waals surface area contributed by atoms with Crippen molar-refractivity contribution in [2.45, 2.75) is 128 Å². The van der Waals surface area contributed by atoms with Gasteiger partial charge in [0.1, 0.15) is 68.7 Å². The van der Waals surface area contributed by atoms with E-state index in [0.29, 0.717) is 164 Å². The summed E-state index contributed by atoms with van der Waals surface area (Å²) in [4.78, 5) is 81.1. The number of hydrogen-bond acceptors (Lipinski definition) is 22. The molecule has 9 aromatic carbocycles. The average Bonchev–Trinajstić information content (AvgIpc) is 1.63. The minimum atomic E-state index is -4.67. The molecule has 758 valence electrons. The van der Waals surface area contributed by atoms with Crippen LogP contribution >= 0.6 is 50.7 Å². The molecule has 0 radical (unpaired) electrons. The maximum atomic E-state index is 14.1. The van der Waals surface area contributed by atoms with Crippen molar-refractivity contribution in [3.05, 3.63) is 229 Å². The van der Waals surface area contributed by atoms with Gasteiger partial charge in [-0.15, -0.1) is 0 Å². The number of nitrogens with zero attached hydrogens (tertiary/aromatic N) is 4. The van der Waals surface area contributed by atoms with E-state index in [2.05, 4.69) is 70.8 Å². The molecule has 0 saturated heterocycles. The number of halogens is 13. The molecule has 3 heterocycles. The van der Waals surface area contributed by atoms with Crippen LogP contribution in [0.3, 0.4) is 0 Å². The second-order valence-corrected chi connectivity index (χ2v) is 36.0. The van der Waals surface area contributed by atoms with E-state index >= 15 is 0 Å². The molecule has 3 aliphatic heterocycles. The summed E-state index contributed by atoms with van der Waals surface area (Å²) in [5, 5.41) is 17.0. The van der Waals surface area contributed by atoms with Gasteiger partial charge in [-0.3, -0.25) is 33.7 Å². The van der Waals surface area contributed by atoms with E-state index in [9.17, 15) is 68.3 Å². The number of nitrogen functional groups attached to an aromatic ring is 1. The minimum absolute atomic E-state index is 0. The monoisotopic (exact) mass is 2090 g/mol. The number of nitrogens with two attached hydrogens (primary N) is 1. The first-order valence-electron chi connectivity index (χ1n) is 44.0. The first-order chi connectivity index (χ1) is 65.4. The second-order valence-electron chi connectivity index (χ2n) is 33.8. The molecular weight excluding hydrogens is 1980 g/mol. The van der Waals surface area contributed by atoms with Crippen molar-refractivity contribution in [3.8, 4) is 51.7 Å². The molecule has 3 saturated carbocycles. The molecule has 9 atom stereocenters. The summed E-state index contributed by atoms with van der Waals surface area (Å²) < 4.78 is 180. The fourth-order valence-corrected chi connectivity index (χ4v) is 17.4. The van der Waals surface area contributed by atoms with Crippen LogP contribution in [0.1, 0.15) is 128 Å². The molecular formula is C101H113BrCl3F9LiN7O19. The molecule has 15 rings (SSSR count). The van der Waals surface area contributed by atoms with Crippen molar-refractivity contribution in [1.29, 1.82) is 0 Å². The molecule has 141 heavy (non-hydrogen) atoms. The first kappa shape index (κ1) is 115. The molecule has 0 bridgehead atoms. The quantitative estimate of drug-likeness (QED) is 0.0103. The molecule has 40 heteroatoms. The van der Waals surface area contributed by atoms with Gasteiger partial charge in [0.05, 0.1) is 111 Å². The van der Waals surface area contributed by atoms with Gasteiger partial charge in [0.2, 0.25) is 5.91 Å². The average molecular weight is 2090 g/mol. The summed E-state index contributed by atoms with van der Waals surface area (Å²) in [6, 6.07) is 41.5. The maximum Gasteiger partial charge on any atom is 1.00 e. The van der Waals surface area contributed by atoms with Gasteiger partial charge in [-0.05, 0) is 179 Å². The number of fused-ring (bicyclic) bond motifs is 3. The molecule has 9 aromatic rings. The number of rotatable bonds is 31. The number of carbonyl (C=O) groups excluding carboxylic acids is 5. The zero-order valence-corrected chi connectivity index (χ0v) is 83.1. The van der Waals surface area contributed by atoms with Crippen LogP contribution in [0.4, 0.5) is 73.6 Å². The van der Waals surface area contributed by atoms with Gasteiger partial charge in [-0.2, -0.15) is 39.5 Å². The summed E-state index contributed by atoms with van der Waals surface area (Å²) in [5.74, 6) is -0.767. The molecule has 3 unspecified atom stereocenters. The molecule has 3 fully saturated rings. The summed E-state index contributed by atoms with van der Waals surface area (Å²) >= 11 is 21.4. The Morgan fingerprint density at radius 3 is 1.01 bits per heavy atom.